The third-order valence-corrected chi connectivity index (χ3v) is 3.49. The van der Waals surface area contributed by atoms with Crippen LogP contribution in [-0.2, 0) is 10.0 Å². The van der Waals surface area contributed by atoms with E-state index >= 15 is 0 Å². The van der Waals surface area contributed by atoms with Crippen LogP contribution in [0.25, 0.3) is 0 Å². The second-order valence-corrected chi connectivity index (χ2v) is 6.47. The molecule has 0 bridgehead atoms. The number of sulfonamides is 1. The van der Waals surface area contributed by atoms with Gasteiger partial charge >= 0.3 is 0 Å². The Hall–Kier alpha value is -2.08. The molecule has 1 aromatic carbocycles. The van der Waals surface area contributed by atoms with Gasteiger partial charge in [0, 0.05) is 11.9 Å². The Morgan fingerprint density at radius 1 is 1.05 bits per heavy atom. The molecule has 2 N–H and O–H groups in total. The van der Waals surface area contributed by atoms with Crippen molar-refractivity contribution in [2.45, 2.75) is 13.8 Å². The van der Waals surface area contributed by atoms with E-state index in [9.17, 15) is 8.42 Å². The second kappa shape index (κ2) is 5.50. The summed E-state index contributed by atoms with van der Waals surface area (Å²) in [5.41, 5.74) is 4.34. The molecular weight excluding hydrogens is 274 g/mol. The lowest BCUT2D eigenvalue weighted by molar-refractivity contribution is 0.607. The highest BCUT2D eigenvalue weighted by Gasteiger charge is 2.08. The largest absolute Gasteiger partial charge is 0.353 e. The summed E-state index contributed by atoms with van der Waals surface area (Å²) in [6, 6.07) is 7.58. The van der Waals surface area contributed by atoms with Crippen LogP contribution in [0.2, 0.25) is 0 Å². The van der Waals surface area contributed by atoms with E-state index in [1.165, 1.54) is 5.56 Å². The van der Waals surface area contributed by atoms with Crippen molar-refractivity contribution in [3.05, 3.63) is 47.8 Å². The number of hydrogen-bond donors (Lipinski definition) is 2. The number of pyridine rings is 1. The first-order valence-electron chi connectivity index (χ1n) is 6.11. The molecule has 0 fully saturated rings. The normalized spacial score (nSPS) is 11.2. The Morgan fingerprint density at radius 2 is 1.80 bits per heavy atom. The van der Waals surface area contributed by atoms with Gasteiger partial charge in [0.25, 0.3) is 0 Å². The Kier molecular flexibility index (Phi) is 3.94. The molecule has 0 radical (unpaired) electrons. The van der Waals surface area contributed by atoms with Gasteiger partial charge in [-0.05, 0) is 43.2 Å². The quantitative estimate of drug-likeness (QED) is 0.908. The van der Waals surface area contributed by atoms with Crippen LogP contribution >= 0.6 is 0 Å². The lowest BCUT2D eigenvalue weighted by atomic mass is 10.1. The molecule has 5 nitrogen and oxygen atoms in total. The number of aromatic nitrogens is 1. The number of aryl methyl sites for hydroxylation is 2. The summed E-state index contributed by atoms with van der Waals surface area (Å²) in [7, 11) is -3.32. The van der Waals surface area contributed by atoms with E-state index in [1.54, 1.807) is 18.5 Å². The SMILES string of the molecule is Cc1ccc(Nc2cnccc2NS(C)(=O)=O)cc1C. The smallest absolute Gasteiger partial charge is 0.229 e. The maximum Gasteiger partial charge on any atom is 0.229 e. The first-order valence-corrected chi connectivity index (χ1v) is 8.00. The zero-order valence-corrected chi connectivity index (χ0v) is 12.5. The lowest BCUT2D eigenvalue weighted by Crippen LogP contribution is -2.11. The van der Waals surface area contributed by atoms with Gasteiger partial charge in [-0.2, -0.15) is 0 Å². The topological polar surface area (TPSA) is 71.1 Å². The van der Waals surface area contributed by atoms with Crippen LogP contribution in [0.5, 0.6) is 0 Å². The van der Waals surface area contributed by atoms with E-state index in [-0.39, 0.29) is 0 Å². The molecule has 2 aromatic rings. The summed E-state index contributed by atoms with van der Waals surface area (Å²) in [5.74, 6) is 0. The van der Waals surface area contributed by atoms with Gasteiger partial charge in [-0.3, -0.25) is 9.71 Å². The van der Waals surface area contributed by atoms with E-state index in [2.05, 4.69) is 15.0 Å². The van der Waals surface area contributed by atoms with Gasteiger partial charge in [-0.25, -0.2) is 8.42 Å². The summed E-state index contributed by atoms with van der Waals surface area (Å²) in [6.45, 7) is 4.07. The van der Waals surface area contributed by atoms with Crippen molar-refractivity contribution in [1.82, 2.24) is 4.98 Å². The van der Waals surface area contributed by atoms with E-state index in [0.717, 1.165) is 17.5 Å². The predicted molar refractivity (Wildman–Crippen MR) is 81.9 cm³/mol. The van der Waals surface area contributed by atoms with Gasteiger partial charge in [-0.1, -0.05) is 6.07 Å². The molecule has 1 heterocycles. The van der Waals surface area contributed by atoms with E-state index in [4.69, 9.17) is 0 Å². The molecule has 0 saturated heterocycles. The molecule has 0 amide bonds. The first-order chi connectivity index (χ1) is 9.35. The summed E-state index contributed by atoms with van der Waals surface area (Å²) in [4.78, 5) is 4.01. The van der Waals surface area contributed by atoms with Gasteiger partial charge in [0.15, 0.2) is 0 Å². The zero-order valence-electron chi connectivity index (χ0n) is 11.6. The number of rotatable bonds is 4. The van der Waals surface area contributed by atoms with Crippen LogP contribution < -0.4 is 10.0 Å². The van der Waals surface area contributed by atoms with Crippen LogP contribution in [-0.4, -0.2) is 19.7 Å². The third kappa shape index (κ3) is 3.71. The highest BCUT2D eigenvalue weighted by Crippen LogP contribution is 2.25. The molecule has 0 aliphatic rings. The fraction of sp³-hybridized carbons (Fsp3) is 0.214. The highest BCUT2D eigenvalue weighted by atomic mass is 32.2. The van der Waals surface area contributed by atoms with Gasteiger partial charge in [-0.15, -0.1) is 0 Å². The first kappa shape index (κ1) is 14.3. The molecule has 0 unspecified atom stereocenters. The van der Waals surface area contributed by atoms with E-state index in [1.807, 2.05) is 32.0 Å². The van der Waals surface area contributed by atoms with Crippen LogP contribution in [0.1, 0.15) is 11.1 Å². The Bertz CT molecular complexity index is 727. The van der Waals surface area contributed by atoms with Crippen molar-refractivity contribution >= 4 is 27.1 Å². The van der Waals surface area contributed by atoms with Crippen LogP contribution in [0.3, 0.4) is 0 Å². The van der Waals surface area contributed by atoms with Crippen molar-refractivity contribution in [1.29, 1.82) is 0 Å². The molecule has 106 valence electrons. The summed E-state index contributed by atoms with van der Waals surface area (Å²) in [5, 5.41) is 3.17. The average Bonchev–Trinajstić information content (AvgIpc) is 2.34. The molecular formula is C14H17N3O2S. The van der Waals surface area contributed by atoms with Crippen molar-refractivity contribution in [3.8, 4) is 0 Å². The Morgan fingerprint density at radius 3 is 2.45 bits per heavy atom. The molecule has 20 heavy (non-hydrogen) atoms. The molecule has 2 rings (SSSR count). The van der Waals surface area contributed by atoms with Crippen LogP contribution in [0.4, 0.5) is 17.1 Å². The zero-order chi connectivity index (χ0) is 14.8. The maximum atomic E-state index is 11.3. The summed E-state index contributed by atoms with van der Waals surface area (Å²) < 4.78 is 25.2. The monoisotopic (exact) mass is 291 g/mol. The minimum atomic E-state index is -3.32. The van der Waals surface area contributed by atoms with Crippen molar-refractivity contribution < 1.29 is 8.42 Å². The van der Waals surface area contributed by atoms with Crippen molar-refractivity contribution in [3.63, 3.8) is 0 Å². The standard InChI is InChI=1S/C14H17N3O2S/c1-10-4-5-12(8-11(10)2)16-14-9-15-7-6-13(14)17-20(3,18)19/h4-9,16H,1-3H3,(H,15,17). The van der Waals surface area contributed by atoms with Gasteiger partial charge in [0.05, 0.1) is 23.8 Å². The number of hydrogen-bond acceptors (Lipinski definition) is 4. The third-order valence-electron chi connectivity index (χ3n) is 2.90. The number of nitrogens with one attached hydrogen (secondary N) is 2. The van der Waals surface area contributed by atoms with Gasteiger partial charge < -0.3 is 5.32 Å². The van der Waals surface area contributed by atoms with Crippen molar-refractivity contribution in [2.24, 2.45) is 0 Å². The summed E-state index contributed by atoms with van der Waals surface area (Å²) in [6.07, 6.45) is 4.25. The molecule has 0 saturated carbocycles. The molecule has 0 atom stereocenters. The molecule has 0 spiro atoms. The molecule has 6 heteroatoms. The van der Waals surface area contributed by atoms with Gasteiger partial charge in [0.1, 0.15) is 0 Å². The van der Waals surface area contributed by atoms with E-state index < -0.39 is 10.0 Å². The predicted octanol–water partition coefficient (Wildman–Crippen LogP) is 2.81. The fourth-order valence-electron chi connectivity index (χ4n) is 1.76. The average molecular weight is 291 g/mol. The Labute approximate surface area is 119 Å². The van der Waals surface area contributed by atoms with Crippen molar-refractivity contribution in [2.75, 3.05) is 16.3 Å². The Balaban J connectivity index is 2.31. The van der Waals surface area contributed by atoms with Crippen LogP contribution in [0.15, 0.2) is 36.7 Å². The summed E-state index contributed by atoms with van der Waals surface area (Å²) >= 11 is 0. The van der Waals surface area contributed by atoms with Crippen LogP contribution in [0, 0.1) is 13.8 Å². The maximum absolute atomic E-state index is 11.3. The molecule has 0 aliphatic heterocycles. The minimum Gasteiger partial charge on any atom is -0.353 e. The fourth-order valence-corrected chi connectivity index (χ4v) is 2.33. The molecule has 0 aliphatic carbocycles. The van der Waals surface area contributed by atoms with Gasteiger partial charge in [0.2, 0.25) is 10.0 Å². The minimum absolute atomic E-state index is 0.473. The second-order valence-electron chi connectivity index (χ2n) is 4.72. The number of anilines is 3. The highest BCUT2D eigenvalue weighted by molar-refractivity contribution is 7.92. The van der Waals surface area contributed by atoms with E-state index in [0.29, 0.717) is 11.4 Å². The lowest BCUT2D eigenvalue weighted by Gasteiger charge is -2.13. The molecule has 1 aromatic heterocycles. The number of nitrogens with zero attached hydrogens (tertiary/aromatic N) is 1. The number of benzene rings is 1.